The SMILES string of the molecule is CC(=O)N1c2ccc(-c3ccc(CNC(=O)c4cn5cc(Br)cc(N6CCOCC6)c5n4)cc3)cc2CC[C@@H]1C. The summed E-state index contributed by atoms with van der Waals surface area (Å²) in [5, 5.41) is 3.01. The molecule has 0 unspecified atom stereocenters. The zero-order valence-corrected chi connectivity index (χ0v) is 24.3. The van der Waals surface area contributed by atoms with Gasteiger partial charge in [-0.1, -0.05) is 30.3 Å². The van der Waals surface area contributed by atoms with Crippen molar-refractivity contribution in [3.05, 3.63) is 82.2 Å². The minimum atomic E-state index is -0.212. The van der Waals surface area contributed by atoms with Crippen LogP contribution in [-0.2, 0) is 22.5 Å². The molecular weight excluding hydrogens is 570 g/mol. The topological polar surface area (TPSA) is 79.2 Å². The molecule has 206 valence electrons. The number of aryl methyl sites for hydroxylation is 1. The summed E-state index contributed by atoms with van der Waals surface area (Å²) in [7, 11) is 0. The van der Waals surface area contributed by atoms with E-state index in [-0.39, 0.29) is 17.9 Å². The number of ether oxygens (including phenoxy) is 1. The third-order valence-electron chi connectivity index (χ3n) is 7.77. The molecule has 8 nitrogen and oxygen atoms in total. The van der Waals surface area contributed by atoms with Crippen molar-refractivity contribution in [2.45, 2.75) is 39.3 Å². The van der Waals surface area contributed by atoms with Gasteiger partial charge in [-0.05, 0) is 76.1 Å². The van der Waals surface area contributed by atoms with Crippen LogP contribution < -0.4 is 15.1 Å². The van der Waals surface area contributed by atoms with Gasteiger partial charge in [-0.2, -0.15) is 0 Å². The minimum Gasteiger partial charge on any atom is -0.378 e. The number of rotatable bonds is 5. The lowest BCUT2D eigenvalue weighted by Gasteiger charge is -2.34. The van der Waals surface area contributed by atoms with E-state index >= 15 is 0 Å². The average Bonchev–Trinajstić information content (AvgIpc) is 3.40. The molecule has 6 rings (SSSR count). The first-order chi connectivity index (χ1) is 19.4. The van der Waals surface area contributed by atoms with Gasteiger partial charge in [-0.25, -0.2) is 4.98 Å². The molecule has 4 heterocycles. The summed E-state index contributed by atoms with van der Waals surface area (Å²) in [6, 6.07) is 16.8. The molecule has 2 aromatic heterocycles. The molecule has 9 heteroatoms. The Morgan fingerprint density at radius 3 is 2.52 bits per heavy atom. The zero-order valence-electron chi connectivity index (χ0n) is 22.7. The van der Waals surface area contributed by atoms with E-state index in [2.05, 4.69) is 68.4 Å². The van der Waals surface area contributed by atoms with Crippen LogP contribution in [0.4, 0.5) is 11.4 Å². The molecule has 1 saturated heterocycles. The second-order valence-corrected chi connectivity index (χ2v) is 11.4. The van der Waals surface area contributed by atoms with Gasteiger partial charge in [0.05, 0.1) is 18.9 Å². The number of carbonyl (C=O) groups is 2. The van der Waals surface area contributed by atoms with E-state index < -0.39 is 0 Å². The lowest BCUT2D eigenvalue weighted by Crippen LogP contribution is -2.40. The third kappa shape index (κ3) is 5.23. The van der Waals surface area contributed by atoms with Crippen LogP contribution in [0, 0.1) is 0 Å². The Morgan fingerprint density at radius 1 is 1.02 bits per heavy atom. The molecule has 40 heavy (non-hydrogen) atoms. The number of aromatic nitrogens is 2. The Hall–Kier alpha value is -3.69. The predicted octanol–water partition coefficient (Wildman–Crippen LogP) is 5.22. The first kappa shape index (κ1) is 26.5. The van der Waals surface area contributed by atoms with Gasteiger partial charge < -0.3 is 24.3 Å². The highest BCUT2D eigenvalue weighted by Gasteiger charge is 2.26. The molecule has 2 aliphatic rings. The van der Waals surface area contributed by atoms with Crippen LogP contribution in [0.2, 0.25) is 0 Å². The van der Waals surface area contributed by atoms with Crippen molar-refractivity contribution in [3.63, 3.8) is 0 Å². The van der Waals surface area contributed by atoms with E-state index in [9.17, 15) is 9.59 Å². The van der Waals surface area contributed by atoms with Crippen molar-refractivity contribution in [2.75, 3.05) is 36.1 Å². The summed E-state index contributed by atoms with van der Waals surface area (Å²) < 4.78 is 8.32. The van der Waals surface area contributed by atoms with Gasteiger partial charge in [0.1, 0.15) is 5.69 Å². The molecule has 0 radical (unpaired) electrons. The maximum atomic E-state index is 13.0. The van der Waals surface area contributed by atoms with Crippen molar-refractivity contribution in [2.24, 2.45) is 0 Å². The number of imidazole rings is 1. The molecule has 0 aliphatic carbocycles. The predicted molar refractivity (Wildman–Crippen MR) is 160 cm³/mol. The third-order valence-corrected chi connectivity index (χ3v) is 8.21. The lowest BCUT2D eigenvalue weighted by molar-refractivity contribution is -0.117. The average molecular weight is 603 g/mol. The number of hydrogen-bond acceptors (Lipinski definition) is 5. The molecule has 0 bridgehead atoms. The second-order valence-electron chi connectivity index (χ2n) is 10.5. The maximum Gasteiger partial charge on any atom is 0.271 e. The molecule has 1 N–H and O–H groups in total. The Kier molecular flexibility index (Phi) is 7.33. The van der Waals surface area contributed by atoms with Crippen molar-refractivity contribution in [1.82, 2.24) is 14.7 Å². The number of nitrogens with one attached hydrogen (secondary N) is 1. The summed E-state index contributed by atoms with van der Waals surface area (Å²) in [5.74, 6) is -0.127. The first-order valence-electron chi connectivity index (χ1n) is 13.7. The van der Waals surface area contributed by atoms with E-state index in [0.29, 0.717) is 25.5 Å². The molecule has 2 amide bonds. The Labute approximate surface area is 242 Å². The fourth-order valence-electron chi connectivity index (χ4n) is 5.69. The number of carbonyl (C=O) groups excluding carboxylic acids is 2. The molecule has 4 aromatic rings. The number of benzene rings is 2. The molecule has 2 aromatic carbocycles. The van der Waals surface area contributed by atoms with Crippen molar-refractivity contribution < 1.29 is 14.3 Å². The van der Waals surface area contributed by atoms with Crippen LogP contribution in [0.15, 0.2) is 65.4 Å². The smallest absolute Gasteiger partial charge is 0.271 e. The number of fused-ring (bicyclic) bond motifs is 2. The van der Waals surface area contributed by atoms with Crippen LogP contribution >= 0.6 is 15.9 Å². The van der Waals surface area contributed by atoms with Gasteiger partial charge >= 0.3 is 0 Å². The number of hydrogen-bond donors (Lipinski definition) is 1. The number of nitrogens with zero attached hydrogens (tertiary/aromatic N) is 4. The highest BCUT2D eigenvalue weighted by atomic mass is 79.9. The highest BCUT2D eigenvalue weighted by molar-refractivity contribution is 9.10. The standard InChI is InChI=1S/C31H32BrN5O3/c1-20-3-6-25-15-24(9-10-28(25)37(20)21(2)38)23-7-4-22(5-8-23)17-33-31(39)27-19-36-18-26(32)16-29(30(36)34-27)35-11-13-40-14-12-35/h4-5,7-10,15-16,18-20H,3,6,11-14,17H2,1-2H3,(H,33,39)/t20-/m0/s1. The van der Waals surface area contributed by atoms with Gasteiger partial charge in [-0.15, -0.1) is 0 Å². The van der Waals surface area contributed by atoms with Crippen LogP contribution in [-0.4, -0.2) is 53.5 Å². The summed E-state index contributed by atoms with van der Waals surface area (Å²) >= 11 is 3.59. The van der Waals surface area contributed by atoms with Gasteiger partial charge in [0.25, 0.3) is 5.91 Å². The molecular formula is C31H32BrN5O3. The fourth-order valence-corrected chi connectivity index (χ4v) is 6.13. The van der Waals surface area contributed by atoms with Gasteiger partial charge in [0.2, 0.25) is 5.91 Å². The van der Waals surface area contributed by atoms with Crippen LogP contribution in [0.3, 0.4) is 0 Å². The van der Waals surface area contributed by atoms with E-state index in [4.69, 9.17) is 4.74 Å². The summed E-state index contributed by atoms with van der Waals surface area (Å²) in [6.45, 7) is 7.07. The Bertz CT molecular complexity index is 1580. The number of pyridine rings is 1. The van der Waals surface area contributed by atoms with E-state index in [1.165, 1.54) is 5.56 Å². The van der Waals surface area contributed by atoms with Crippen LogP contribution in [0.1, 0.15) is 41.9 Å². The van der Waals surface area contributed by atoms with Crippen molar-refractivity contribution >= 4 is 44.8 Å². The van der Waals surface area contributed by atoms with Gasteiger partial charge in [0, 0.05) is 55.2 Å². The van der Waals surface area contributed by atoms with E-state index in [1.54, 1.807) is 13.1 Å². The summed E-state index contributed by atoms with van der Waals surface area (Å²) in [4.78, 5) is 34.0. The van der Waals surface area contributed by atoms with E-state index in [0.717, 1.165) is 64.1 Å². The molecule has 1 atom stereocenters. The van der Waals surface area contributed by atoms with E-state index in [1.807, 2.05) is 33.7 Å². The van der Waals surface area contributed by atoms with Crippen LogP contribution in [0.5, 0.6) is 0 Å². The molecule has 0 spiro atoms. The molecule has 0 saturated carbocycles. The monoisotopic (exact) mass is 601 g/mol. The fraction of sp³-hybridized carbons (Fsp3) is 0.323. The second kappa shape index (κ2) is 11.1. The van der Waals surface area contributed by atoms with Gasteiger partial charge in [-0.3, -0.25) is 9.59 Å². The summed E-state index contributed by atoms with van der Waals surface area (Å²) in [6.07, 6.45) is 5.62. The number of amides is 2. The summed E-state index contributed by atoms with van der Waals surface area (Å²) in [5.41, 5.74) is 7.58. The Morgan fingerprint density at radius 2 is 1.77 bits per heavy atom. The molecule has 2 aliphatic heterocycles. The highest BCUT2D eigenvalue weighted by Crippen LogP contribution is 2.34. The Balaban J connectivity index is 1.14. The molecule has 1 fully saturated rings. The largest absolute Gasteiger partial charge is 0.378 e. The first-order valence-corrected chi connectivity index (χ1v) is 14.5. The van der Waals surface area contributed by atoms with Crippen molar-refractivity contribution in [1.29, 1.82) is 0 Å². The lowest BCUT2D eigenvalue weighted by atomic mass is 9.93. The number of anilines is 2. The van der Waals surface area contributed by atoms with Gasteiger partial charge in [0.15, 0.2) is 5.65 Å². The minimum absolute atomic E-state index is 0.0849. The zero-order chi connectivity index (χ0) is 27.8. The number of morpholine rings is 1. The quantitative estimate of drug-likeness (QED) is 0.339. The normalized spacial score (nSPS) is 17.1. The number of halogens is 1. The van der Waals surface area contributed by atoms with Crippen LogP contribution in [0.25, 0.3) is 16.8 Å². The van der Waals surface area contributed by atoms with Crippen molar-refractivity contribution in [3.8, 4) is 11.1 Å². The maximum absolute atomic E-state index is 13.0.